The summed E-state index contributed by atoms with van der Waals surface area (Å²) in [7, 11) is 1.40. The average Bonchev–Trinajstić information content (AvgIpc) is 3.25. The lowest BCUT2D eigenvalue weighted by atomic mass is 10.1. The van der Waals surface area contributed by atoms with Gasteiger partial charge in [0.05, 0.1) is 29.0 Å². The Morgan fingerprint density at radius 1 is 1.12 bits per heavy atom. The highest BCUT2D eigenvalue weighted by atomic mass is 19.1. The van der Waals surface area contributed by atoms with Gasteiger partial charge >= 0.3 is 0 Å². The highest BCUT2D eigenvalue weighted by molar-refractivity contribution is 6.08. The second-order valence-electron chi connectivity index (χ2n) is 7.28. The summed E-state index contributed by atoms with van der Waals surface area (Å²) in [5.74, 6) is -0.642. The third-order valence-corrected chi connectivity index (χ3v) is 4.98. The van der Waals surface area contributed by atoms with E-state index in [1.165, 1.54) is 48.3 Å². The molecule has 0 saturated heterocycles. The minimum atomic E-state index is -0.556. The Morgan fingerprint density at radius 3 is 2.55 bits per heavy atom. The van der Waals surface area contributed by atoms with Crippen LogP contribution < -0.4 is 10.1 Å². The van der Waals surface area contributed by atoms with Crippen molar-refractivity contribution >= 4 is 17.3 Å². The SMILES string of the molecule is COc1ccc([N+](=O)[O-])cc1NC(=O)c1cn(-c2ccc(F)cc2)nc1-c1cccc(C)c1. The summed E-state index contributed by atoms with van der Waals surface area (Å²) in [6.45, 7) is 1.92. The zero-order valence-corrected chi connectivity index (χ0v) is 17.8. The Kier molecular flexibility index (Phi) is 5.86. The summed E-state index contributed by atoms with van der Waals surface area (Å²) in [5, 5.41) is 18.4. The van der Waals surface area contributed by atoms with Crippen LogP contribution in [0.5, 0.6) is 5.75 Å². The number of nitro benzene ring substituents is 1. The summed E-state index contributed by atoms with van der Waals surface area (Å²) in [4.78, 5) is 23.9. The molecule has 4 rings (SSSR count). The number of amides is 1. The van der Waals surface area contributed by atoms with E-state index in [4.69, 9.17) is 4.74 Å². The maximum atomic E-state index is 13.4. The fourth-order valence-corrected chi connectivity index (χ4v) is 3.37. The molecule has 1 N–H and O–H groups in total. The van der Waals surface area contributed by atoms with Crippen molar-refractivity contribution in [3.8, 4) is 22.7 Å². The van der Waals surface area contributed by atoms with Gasteiger partial charge in [-0.05, 0) is 43.3 Å². The molecule has 1 heterocycles. The summed E-state index contributed by atoms with van der Waals surface area (Å²) in [6, 6.07) is 17.1. The number of rotatable bonds is 6. The number of nitro groups is 1. The minimum Gasteiger partial charge on any atom is -0.495 e. The quantitative estimate of drug-likeness (QED) is 0.326. The zero-order chi connectivity index (χ0) is 23.5. The van der Waals surface area contributed by atoms with Gasteiger partial charge in [0.25, 0.3) is 11.6 Å². The zero-order valence-electron chi connectivity index (χ0n) is 17.8. The molecule has 0 aliphatic heterocycles. The van der Waals surface area contributed by atoms with Gasteiger partial charge < -0.3 is 10.1 Å². The predicted octanol–water partition coefficient (Wildman–Crippen LogP) is 5.16. The number of hydrogen-bond donors (Lipinski definition) is 1. The van der Waals surface area contributed by atoms with Gasteiger partial charge in [0.2, 0.25) is 0 Å². The molecule has 4 aromatic rings. The highest BCUT2D eigenvalue weighted by Gasteiger charge is 2.21. The molecular formula is C24H19FN4O4. The number of nitrogens with one attached hydrogen (secondary N) is 1. The first-order valence-corrected chi connectivity index (χ1v) is 9.92. The number of nitrogens with zero attached hydrogens (tertiary/aromatic N) is 3. The van der Waals surface area contributed by atoms with E-state index in [1.54, 1.807) is 12.1 Å². The summed E-state index contributed by atoms with van der Waals surface area (Å²) < 4.78 is 20.1. The van der Waals surface area contributed by atoms with Gasteiger partial charge in [-0.1, -0.05) is 23.8 Å². The van der Waals surface area contributed by atoms with Crippen LogP contribution in [0.15, 0.2) is 72.9 Å². The first-order chi connectivity index (χ1) is 15.9. The molecule has 0 unspecified atom stereocenters. The van der Waals surface area contributed by atoms with Crippen molar-refractivity contribution in [2.24, 2.45) is 0 Å². The number of halogens is 1. The Balaban J connectivity index is 1.79. The molecular weight excluding hydrogens is 427 g/mol. The number of anilines is 1. The van der Waals surface area contributed by atoms with E-state index in [1.807, 2.05) is 31.2 Å². The van der Waals surface area contributed by atoms with Crippen LogP contribution in [0.4, 0.5) is 15.8 Å². The maximum absolute atomic E-state index is 13.4. The number of hydrogen-bond acceptors (Lipinski definition) is 5. The van der Waals surface area contributed by atoms with Crippen LogP contribution in [0.25, 0.3) is 16.9 Å². The molecule has 0 aliphatic carbocycles. The van der Waals surface area contributed by atoms with Crippen LogP contribution in [0, 0.1) is 22.9 Å². The van der Waals surface area contributed by atoms with Gasteiger partial charge in [0, 0.05) is 23.9 Å². The van der Waals surface area contributed by atoms with Crippen LogP contribution >= 0.6 is 0 Å². The second kappa shape index (κ2) is 8.91. The van der Waals surface area contributed by atoms with Crippen molar-refractivity contribution in [3.63, 3.8) is 0 Å². The Bertz CT molecular complexity index is 1350. The molecule has 0 bridgehead atoms. The smallest absolute Gasteiger partial charge is 0.271 e. The van der Waals surface area contributed by atoms with Crippen molar-refractivity contribution in [1.82, 2.24) is 9.78 Å². The molecule has 1 amide bonds. The number of non-ortho nitro benzene ring substituents is 1. The molecule has 8 nitrogen and oxygen atoms in total. The first-order valence-electron chi connectivity index (χ1n) is 9.92. The standard InChI is InChI=1S/C24H19FN4O4/c1-15-4-3-5-16(12-15)23-20(14-28(27-23)18-8-6-17(25)7-9-18)24(30)26-21-13-19(29(31)32)10-11-22(21)33-2/h3-14H,1-2H3,(H,26,30). The monoisotopic (exact) mass is 446 g/mol. The molecule has 0 atom stereocenters. The fraction of sp³-hybridized carbons (Fsp3) is 0.0833. The van der Waals surface area contributed by atoms with Crippen LogP contribution in [-0.2, 0) is 0 Å². The molecule has 0 fully saturated rings. The number of benzene rings is 3. The first kappa shape index (κ1) is 21.7. The van der Waals surface area contributed by atoms with Gasteiger partial charge in [0.1, 0.15) is 17.3 Å². The van der Waals surface area contributed by atoms with Gasteiger partial charge in [-0.15, -0.1) is 0 Å². The third kappa shape index (κ3) is 4.57. The number of aryl methyl sites for hydroxylation is 1. The summed E-state index contributed by atoms with van der Waals surface area (Å²) in [5.41, 5.74) is 2.87. The molecule has 0 saturated carbocycles. The minimum absolute atomic E-state index is 0.154. The molecule has 0 radical (unpaired) electrons. The third-order valence-electron chi connectivity index (χ3n) is 4.98. The Hall–Kier alpha value is -4.53. The number of aromatic nitrogens is 2. The van der Waals surface area contributed by atoms with E-state index in [2.05, 4.69) is 10.4 Å². The van der Waals surface area contributed by atoms with Crippen LogP contribution in [0.2, 0.25) is 0 Å². The van der Waals surface area contributed by atoms with E-state index in [-0.39, 0.29) is 28.5 Å². The molecule has 3 aromatic carbocycles. The molecule has 166 valence electrons. The molecule has 33 heavy (non-hydrogen) atoms. The normalized spacial score (nSPS) is 10.6. The fourth-order valence-electron chi connectivity index (χ4n) is 3.37. The highest BCUT2D eigenvalue weighted by Crippen LogP contribution is 2.31. The van der Waals surface area contributed by atoms with Crippen molar-refractivity contribution in [2.45, 2.75) is 6.92 Å². The maximum Gasteiger partial charge on any atom is 0.271 e. The Labute approximate surface area is 188 Å². The Morgan fingerprint density at radius 2 is 1.88 bits per heavy atom. The molecule has 0 spiro atoms. The van der Waals surface area contributed by atoms with E-state index < -0.39 is 10.8 Å². The predicted molar refractivity (Wildman–Crippen MR) is 121 cm³/mol. The van der Waals surface area contributed by atoms with E-state index >= 15 is 0 Å². The van der Waals surface area contributed by atoms with Gasteiger partial charge in [-0.3, -0.25) is 14.9 Å². The molecule has 0 aliphatic rings. The lowest BCUT2D eigenvalue weighted by Gasteiger charge is -2.10. The van der Waals surface area contributed by atoms with Crippen molar-refractivity contribution in [1.29, 1.82) is 0 Å². The summed E-state index contributed by atoms with van der Waals surface area (Å²) in [6.07, 6.45) is 1.53. The molecule has 1 aromatic heterocycles. The van der Waals surface area contributed by atoms with Crippen LogP contribution in [0.1, 0.15) is 15.9 Å². The van der Waals surface area contributed by atoms with E-state index in [9.17, 15) is 19.3 Å². The van der Waals surface area contributed by atoms with E-state index in [0.717, 1.165) is 5.56 Å². The number of carbonyl (C=O) groups excluding carboxylic acids is 1. The van der Waals surface area contributed by atoms with Gasteiger partial charge in [-0.2, -0.15) is 5.10 Å². The van der Waals surface area contributed by atoms with Crippen molar-refractivity contribution < 1.29 is 18.8 Å². The second-order valence-corrected chi connectivity index (χ2v) is 7.28. The van der Waals surface area contributed by atoms with Crippen LogP contribution in [0.3, 0.4) is 0 Å². The number of methoxy groups -OCH3 is 1. The van der Waals surface area contributed by atoms with Crippen LogP contribution in [-0.4, -0.2) is 27.7 Å². The van der Waals surface area contributed by atoms with Gasteiger partial charge in [-0.25, -0.2) is 9.07 Å². The van der Waals surface area contributed by atoms with E-state index in [0.29, 0.717) is 16.9 Å². The average molecular weight is 446 g/mol. The van der Waals surface area contributed by atoms with Crippen molar-refractivity contribution in [2.75, 3.05) is 12.4 Å². The lowest BCUT2D eigenvalue weighted by Crippen LogP contribution is -2.13. The summed E-state index contributed by atoms with van der Waals surface area (Å²) >= 11 is 0. The lowest BCUT2D eigenvalue weighted by molar-refractivity contribution is -0.384. The number of ether oxygens (including phenoxy) is 1. The molecule has 9 heteroatoms. The van der Waals surface area contributed by atoms with Gasteiger partial charge in [0.15, 0.2) is 0 Å². The van der Waals surface area contributed by atoms with Crippen molar-refractivity contribution in [3.05, 3.63) is 100.0 Å². The number of carbonyl (C=O) groups is 1. The topological polar surface area (TPSA) is 99.3 Å². The largest absolute Gasteiger partial charge is 0.495 e.